The average Bonchev–Trinajstić information content (AvgIpc) is 3.00. The van der Waals surface area contributed by atoms with Gasteiger partial charge in [-0.25, -0.2) is 14.4 Å². The van der Waals surface area contributed by atoms with Crippen LogP contribution in [0.2, 0.25) is 0 Å². The van der Waals surface area contributed by atoms with Crippen molar-refractivity contribution < 1.29 is 19.0 Å². The monoisotopic (exact) mass is 620 g/mol. The van der Waals surface area contributed by atoms with Crippen molar-refractivity contribution in [2.24, 2.45) is 0 Å². The average molecular weight is 621 g/mol. The number of nitriles is 1. The molecule has 0 spiro atoms. The largest absolute Gasteiger partial charge is 0.494 e. The summed E-state index contributed by atoms with van der Waals surface area (Å²) in [5.41, 5.74) is 0.799. The summed E-state index contributed by atoms with van der Waals surface area (Å²) < 4.78 is 27.6. The van der Waals surface area contributed by atoms with Crippen LogP contribution in [0.25, 0.3) is 10.9 Å². The topological polar surface area (TPSA) is 91.5 Å². The van der Waals surface area contributed by atoms with E-state index in [0.29, 0.717) is 34.1 Å². The van der Waals surface area contributed by atoms with Gasteiger partial charge in [0.15, 0.2) is 11.6 Å². The molecule has 0 aliphatic rings. The summed E-state index contributed by atoms with van der Waals surface area (Å²) in [7, 11) is 6.80. The van der Waals surface area contributed by atoms with Gasteiger partial charge in [0, 0.05) is 23.1 Å². The van der Waals surface area contributed by atoms with Gasteiger partial charge < -0.3 is 19.5 Å². The first kappa shape index (κ1) is 32.6. The lowest BCUT2D eigenvalue weighted by atomic mass is 9.71. The van der Waals surface area contributed by atoms with E-state index in [4.69, 9.17) is 19.4 Å². The third-order valence-corrected chi connectivity index (χ3v) is 8.83. The number of hydrogen-bond acceptors (Lipinski definition) is 9. The molecule has 2 atom stereocenters. The standard InChI is InChI=1S/C33H37FN4O3S2/c1-7-42-28-18-23(19-29(37-28)43-8-2)33(39,14-15-38(3)4)30(24-10-9-11-27(40-5)31(24)34)25-17-22-16-21(20-35)12-13-26(22)36-32(25)41-6/h9-13,16-19,30,39H,7-8,14-15H2,1-6H3/t30-,33-/m1/s1. The summed E-state index contributed by atoms with van der Waals surface area (Å²) in [6, 6.07) is 18.0. The molecule has 226 valence electrons. The molecule has 4 aromatic rings. The van der Waals surface area contributed by atoms with Crippen LogP contribution in [0.3, 0.4) is 0 Å². The van der Waals surface area contributed by atoms with E-state index in [1.807, 2.05) is 37.2 Å². The van der Waals surface area contributed by atoms with Crippen LogP contribution in [-0.4, -0.2) is 66.3 Å². The van der Waals surface area contributed by atoms with E-state index < -0.39 is 17.3 Å². The van der Waals surface area contributed by atoms with Crippen LogP contribution in [0.15, 0.2) is 64.6 Å². The number of pyridine rings is 2. The summed E-state index contributed by atoms with van der Waals surface area (Å²) in [4.78, 5) is 11.6. The van der Waals surface area contributed by atoms with Crippen LogP contribution in [0, 0.1) is 17.1 Å². The highest BCUT2D eigenvalue weighted by atomic mass is 32.2. The van der Waals surface area contributed by atoms with E-state index in [9.17, 15) is 10.4 Å². The van der Waals surface area contributed by atoms with Crippen LogP contribution < -0.4 is 9.47 Å². The zero-order chi connectivity index (χ0) is 31.1. The molecule has 2 heterocycles. The highest BCUT2D eigenvalue weighted by Crippen LogP contribution is 2.49. The maximum Gasteiger partial charge on any atom is 0.217 e. The lowest BCUT2D eigenvalue weighted by Gasteiger charge is -2.39. The van der Waals surface area contributed by atoms with Crippen molar-refractivity contribution in [1.29, 1.82) is 5.26 Å². The first-order chi connectivity index (χ1) is 20.7. The number of rotatable bonds is 13. The van der Waals surface area contributed by atoms with Gasteiger partial charge in [-0.15, -0.1) is 23.5 Å². The number of fused-ring (bicyclic) bond motifs is 1. The molecule has 0 saturated carbocycles. The molecule has 0 unspecified atom stereocenters. The maximum absolute atomic E-state index is 16.4. The lowest BCUT2D eigenvalue weighted by molar-refractivity contribution is 0.00228. The zero-order valence-corrected chi connectivity index (χ0v) is 27.0. The lowest BCUT2D eigenvalue weighted by Crippen LogP contribution is -2.38. The molecule has 2 aromatic heterocycles. The van der Waals surface area contributed by atoms with E-state index in [2.05, 4.69) is 19.9 Å². The molecule has 7 nitrogen and oxygen atoms in total. The molecule has 4 rings (SSSR count). The Morgan fingerprint density at radius 1 is 0.977 bits per heavy atom. The van der Waals surface area contributed by atoms with Crippen molar-refractivity contribution in [3.05, 3.63) is 82.7 Å². The Labute approximate surface area is 261 Å². The Kier molecular flexibility index (Phi) is 10.9. The first-order valence-corrected chi connectivity index (χ1v) is 16.0. The molecule has 0 radical (unpaired) electrons. The fourth-order valence-corrected chi connectivity index (χ4v) is 6.62. The highest BCUT2D eigenvalue weighted by Gasteiger charge is 2.44. The van der Waals surface area contributed by atoms with Crippen molar-refractivity contribution in [1.82, 2.24) is 14.9 Å². The van der Waals surface area contributed by atoms with Gasteiger partial charge in [0.05, 0.1) is 47.3 Å². The zero-order valence-electron chi connectivity index (χ0n) is 25.3. The second-order valence-electron chi connectivity index (χ2n) is 10.3. The molecule has 0 aliphatic carbocycles. The van der Waals surface area contributed by atoms with Crippen molar-refractivity contribution in [2.75, 3.05) is 46.4 Å². The number of halogens is 1. The van der Waals surface area contributed by atoms with Gasteiger partial charge in [-0.1, -0.05) is 26.0 Å². The summed E-state index contributed by atoms with van der Waals surface area (Å²) >= 11 is 3.18. The van der Waals surface area contributed by atoms with Crippen LogP contribution in [0.5, 0.6) is 11.6 Å². The molecular formula is C33H37FN4O3S2. The number of methoxy groups -OCH3 is 2. The normalized spacial score (nSPS) is 13.5. The third-order valence-electron chi connectivity index (χ3n) is 7.25. The Morgan fingerprint density at radius 2 is 1.67 bits per heavy atom. The van der Waals surface area contributed by atoms with E-state index in [1.54, 1.807) is 59.9 Å². The first-order valence-electron chi connectivity index (χ1n) is 14.0. The molecular weight excluding hydrogens is 584 g/mol. The van der Waals surface area contributed by atoms with Crippen molar-refractivity contribution in [2.45, 2.75) is 41.8 Å². The van der Waals surface area contributed by atoms with E-state index >= 15 is 4.39 Å². The molecule has 0 fully saturated rings. The van der Waals surface area contributed by atoms with Crippen LogP contribution >= 0.6 is 23.5 Å². The summed E-state index contributed by atoms with van der Waals surface area (Å²) in [6.45, 7) is 4.62. The summed E-state index contributed by atoms with van der Waals surface area (Å²) in [5.74, 6) is 0.387. The molecule has 0 bridgehead atoms. The van der Waals surface area contributed by atoms with Gasteiger partial charge in [-0.05, 0) is 80.0 Å². The fourth-order valence-electron chi connectivity index (χ4n) is 5.23. The Morgan fingerprint density at radius 3 is 2.26 bits per heavy atom. The van der Waals surface area contributed by atoms with Gasteiger partial charge in [0.2, 0.25) is 5.88 Å². The number of hydrogen-bond donors (Lipinski definition) is 1. The second kappa shape index (κ2) is 14.4. The third kappa shape index (κ3) is 7.07. The Bertz CT molecular complexity index is 1600. The van der Waals surface area contributed by atoms with Crippen molar-refractivity contribution >= 4 is 34.4 Å². The van der Waals surface area contributed by atoms with Gasteiger partial charge in [-0.3, -0.25) is 0 Å². The molecule has 1 N–H and O–H groups in total. The van der Waals surface area contributed by atoms with Crippen LogP contribution in [0.1, 0.15) is 48.4 Å². The van der Waals surface area contributed by atoms with Crippen LogP contribution in [-0.2, 0) is 5.60 Å². The molecule has 10 heteroatoms. The second-order valence-corrected chi connectivity index (χ2v) is 12.8. The van der Waals surface area contributed by atoms with E-state index in [-0.39, 0.29) is 23.6 Å². The highest BCUT2D eigenvalue weighted by molar-refractivity contribution is 7.99. The van der Waals surface area contributed by atoms with E-state index in [0.717, 1.165) is 21.6 Å². The van der Waals surface area contributed by atoms with Crippen LogP contribution in [0.4, 0.5) is 4.39 Å². The summed E-state index contributed by atoms with van der Waals surface area (Å²) in [6.07, 6.45) is 0.261. The number of thioether (sulfide) groups is 2. The molecule has 0 saturated heterocycles. The summed E-state index contributed by atoms with van der Waals surface area (Å²) in [5, 5.41) is 25.0. The van der Waals surface area contributed by atoms with Gasteiger partial charge in [-0.2, -0.15) is 5.26 Å². The van der Waals surface area contributed by atoms with E-state index in [1.165, 1.54) is 14.2 Å². The quantitative estimate of drug-likeness (QED) is 0.161. The predicted molar refractivity (Wildman–Crippen MR) is 172 cm³/mol. The molecule has 0 aliphatic heterocycles. The minimum absolute atomic E-state index is 0.0659. The molecule has 0 amide bonds. The number of aromatic nitrogens is 2. The number of aliphatic hydroxyl groups is 1. The van der Waals surface area contributed by atoms with Crippen molar-refractivity contribution in [3.63, 3.8) is 0 Å². The number of ether oxygens (including phenoxy) is 2. The Hall–Kier alpha value is -3.36. The molecule has 43 heavy (non-hydrogen) atoms. The minimum Gasteiger partial charge on any atom is -0.494 e. The molecule has 2 aromatic carbocycles. The SMILES string of the molecule is CCSc1cc([C@](O)(CCN(C)C)[C@@H](c2cc3cc(C#N)ccc3nc2OC)c2cccc(OC)c2F)cc(SCC)n1. The predicted octanol–water partition coefficient (Wildman–Crippen LogP) is 6.85. The van der Waals surface area contributed by atoms with Crippen molar-refractivity contribution in [3.8, 4) is 17.7 Å². The fraction of sp³-hybridized carbons (Fsp3) is 0.364. The smallest absolute Gasteiger partial charge is 0.217 e. The maximum atomic E-state index is 16.4. The number of benzene rings is 2. The van der Waals surface area contributed by atoms with Gasteiger partial charge in [0.25, 0.3) is 0 Å². The minimum atomic E-state index is -1.64. The Balaban J connectivity index is 2.12. The number of nitrogens with zero attached hydrogens (tertiary/aromatic N) is 4. The van der Waals surface area contributed by atoms with Gasteiger partial charge in [0.1, 0.15) is 5.60 Å². The van der Waals surface area contributed by atoms with Gasteiger partial charge >= 0.3 is 0 Å².